The van der Waals surface area contributed by atoms with E-state index in [0.717, 1.165) is 0 Å². The Morgan fingerprint density at radius 1 is 1.53 bits per heavy atom. The normalized spacial score (nSPS) is 13.4. The Kier molecular flexibility index (Phi) is 5.95. The zero-order valence-corrected chi connectivity index (χ0v) is 8.91. The Hall–Kier alpha value is -1.70. The van der Waals surface area contributed by atoms with Crippen LogP contribution in [0.5, 0.6) is 0 Å². The number of terminal acetylenes is 1. The Labute approximate surface area is 89.2 Å². The van der Waals surface area contributed by atoms with E-state index < -0.39 is 18.0 Å². The molecule has 0 aliphatic carbocycles. The third-order valence-corrected chi connectivity index (χ3v) is 2.12. The minimum absolute atomic E-state index is 0.0820. The van der Waals surface area contributed by atoms with Gasteiger partial charge in [0.1, 0.15) is 6.04 Å². The van der Waals surface area contributed by atoms with Gasteiger partial charge in [-0.25, -0.2) is 9.59 Å². The molecular weight excluding hydrogens is 196 g/mol. The molecule has 0 saturated heterocycles. The molecule has 0 unspecified atom stereocenters. The van der Waals surface area contributed by atoms with E-state index in [1.807, 2.05) is 6.92 Å². The Morgan fingerprint density at radius 2 is 2.13 bits per heavy atom. The second kappa shape index (κ2) is 6.71. The zero-order chi connectivity index (χ0) is 11.8. The number of urea groups is 1. The number of hydrogen-bond acceptors (Lipinski definition) is 2. The Morgan fingerprint density at radius 3 is 2.53 bits per heavy atom. The average Bonchev–Trinajstić information content (AvgIpc) is 2.21. The van der Waals surface area contributed by atoms with E-state index in [0.29, 0.717) is 6.42 Å². The van der Waals surface area contributed by atoms with Crippen molar-refractivity contribution in [2.24, 2.45) is 5.92 Å². The third kappa shape index (κ3) is 4.91. The first kappa shape index (κ1) is 13.3. The zero-order valence-electron chi connectivity index (χ0n) is 8.91. The molecule has 0 heterocycles. The first-order chi connectivity index (χ1) is 7.02. The largest absolute Gasteiger partial charge is 0.480 e. The highest BCUT2D eigenvalue weighted by Crippen LogP contribution is 2.07. The maximum Gasteiger partial charge on any atom is 0.326 e. The summed E-state index contributed by atoms with van der Waals surface area (Å²) in [6.07, 6.45) is 5.62. The lowest BCUT2D eigenvalue weighted by atomic mass is 9.99. The van der Waals surface area contributed by atoms with Crippen LogP contribution in [-0.4, -0.2) is 29.7 Å². The maximum atomic E-state index is 11.2. The van der Waals surface area contributed by atoms with Crippen LogP contribution in [0.15, 0.2) is 0 Å². The fourth-order valence-corrected chi connectivity index (χ4v) is 1.01. The molecule has 2 amide bonds. The minimum Gasteiger partial charge on any atom is -0.480 e. The third-order valence-electron chi connectivity index (χ3n) is 2.12. The standard InChI is InChI=1S/C10H16N2O3/c1-4-6-11-10(15)12-8(9(13)14)7(3)5-2/h1,7-8H,5-6H2,2-3H3,(H,13,14)(H2,11,12,15)/t7-,8-/m0/s1. The molecule has 0 aromatic carbocycles. The summed E-state index contributed by atoms with van der Waals surface area (Å²) in [6, 6.07) is -1.44. The van der Waals surface area contributed by atoms with Crippen molar-refractivity contribution in [3.63, 3.8) is 0 Å². The van der Waals surface area contributed by atoms with Crippen LogP contribution in [-0.2, 0) is 4.79 Å². The molecule has 0 rings (SSSR count). The van der Waals surface area contributed by atoms with Crippen molar-refractivity contribution in [2.75, 3.05) is 6.54 Å². The SMILES string of the molecule is C#CCNC(=O)N[C@H](C(=O)O)[C@@H](C)CC. The summed E-state index contributed by atoms with van der Waals surface area (Å²) >= 11 is 0. The summed E-state index contributed by atoms with van der Waals surface area (Å²) in [7, 11) is 0. The van der Waals surface area contributed by atoms with Crippen molar-refractivity contribution in [1.29, 1.82) is 0 Å². The lowest BCUT2D eigenvalue weighted by molar-refractivity contribution is -0.140. The Bertz CT molecular complexity index is 270. The summed E-state index contributed by atoms with van der Waals surface area (Å²) < 4.78 is 0. The van der Waals surface area contributed by atoms with Crippen LogP contribution in [0.4, 0.5) is 4.79 Å². The van der Waals surface area contributed by atoms with Gasteiger partial charge in [0.2, 0.25) is 0 Å². The number of rotatable bonds is 5. The predicted molar refractivity (Wildman–Crippen MR) is 56.2 cm³/mol. The van der Waals surface area contributed by atoms with Crippen LogP contribution in [0.25, 0.3) is 0 Å². The molecule has 15 heavy (non-hydrogen) atoms. The molecule has 0 saturated carbocycles. The van der Waals surface area contributed by atoms with Gasteiger partial charge in [-0.15, -0.1) is 6.42 Å². The van der Waals surface area contributed by atoms with Gasteiger partial charge in [0.25, 0.3) is 0 Å². The van der Waals surface area contributed by atoms with Gasteiger partial charge in [-0.1, -0.05) is 26.2 Å². The summed E-state index contributed by atoms with van der Waals surface area (Å²) in [5, 5.41) is 13.6. The number of carboxylic acids is 1. The number of carbonyl (C=O) groups is 2. The smallest absolute Gasteiger partial charge is 0.326 e. The molecule has 0 spiro atoms. The van der Waals surface area contributed by atoms with Gasteiger partial charge in [-0.2, -0.15) is 0 Å². The molecule has 0 aliphatic heterocycles. The molecule has 84 valence electrons. The summed E-state index contributed by atoms with van der Waals surface area (Å²) in [4.78, 5) is 22.0. The van der Waals surface area contributed by atoms with Crippen LogP contribution in [0.3, 0.4) is 0 Å². The fourth-order valence-electron chi connectivity index (χ4n) is 1.01. The van der Waals surface area contributed by atoms with Crippen LogP contribution < -0.4 is 10.6 Å². The summed E-state index contributed by atoms with van der Waals surface area (Å²) in [5.41, 5.74) is 0. The molecular formula is C10H16N2O3. The summed E-state index contributed by atoms with van der Waals surface area (Å²) in [6.45, 7) is 3.71. The minimum atomic E-state index is -1.04. The lowest BCUT2D eigenvalue weighted by Gasteiger charge is -2.19. The molecule has 0 radical (unpaired) electrons. The van der Waals surface area contributed by atoms with E-state index in [-0.39, 0.29) is 12.5 Å². The number of carbonyl (C=O) groups excluding carboxylic acids is 1. The highest BCUT2D eigenvalue weighted by molar-refractivity contribution is 5.82. The lowest BCUT2D eigenvalue weighted by Crippen LogP contribution is -2.49. The van der Waals surface area contributed by atoms with Crippen molar-refractivity contribution < 1.29 is 14.7 Å². The average molecular weight is 212 g/mol. The number of nitrogens with one attached hydrogen (secondary N) is 2. The molecule has 0 aliphatic rings. The van der Waals surface area contributed by atoms with Gasteiger partial charge in [-0.05, 0) is 5.92 Å². The van der Waals surface area contributed by atoms with E-state index in [1.54, 1.807) is 6.92 Å². The molecule has 0 aromatic heterocycles. The van der Waals surface area contributed by atoms with E-state index >= 15 is 0 Å². The van der Waals surface area contributed by atoms with Crippen molar-refractivity contribution in [1.82, 2.24) is 10.6 Å². The fraction of sp³-hybridized carbons (Fsp3) is 0.600. The Balaban J connectivity index is 4.24. The highest BCUT2D eigenvalue weighted by Gasteiger charge is 2.24. The van der Waals surface area contributed by atoms with Crippen molar-refractivity contribution in [3.8, 4) is 12.3 Å². The second-order valence-electron chi connectivity index (χ2n) is 3.23. The number of amides is 2. The maximum absolute atomic E-state index is 11.2. The second-order valence-corrected chi connectivity index (χ2v) is 3.23. The van der Waals surface area contributed by atoms with E-state index in [2.05, 4.69) is 16.6 Å². The van der Waals surface area contributed by atoms with E-state index in [1.165, 1.54) is 0 Å². The molecule has 5 heteroatoms. The van der Waals surface area contributed by atoms with E-state index in [4.69, 9.17) is 11.5 Å². The first-order valence-electron chi connectivity index (χ1n) is 4.73. The van der Waals surface area contributed by atoms with Crippen molar-refractivity contribution in [2.45, 2.75) is 26.3 Å². The monoisotopic (exact) mass is 212 g/mol. The molecule has 3 N–H and O–H groups in total. The van der Waals surface area contributed by atoms with Gasteiger partial charge < -0.3 is 15.7 Å². The van der Waals surface area contributed by atoms with Crippen LogP contribution >= 0.6 is 0 Å². The van der Waals surface area contributed by atoms with Gasteiger partial charge in [0, 0.05) is 0 Å². The van der Waals surface area contributed by atoms with Crippen LogP contribution in [0, 0.1) is 18.3 Å². The van der Waals surface area contributed by atoms with Crippen molar-refractivity contribution in [3.05, 3.63) is 0 Å². The van der Waals surface area contributed by atoms with Crippen molar-refractivity contribution >= 4 is 12.0 Å². The quantitative estimate of drug-likeness (QED) is 0.578. The molecule has 2 atom stereocenters. The van der Waals surface area contributed by atoms with E-state index in [9.17, 15) is 9.59 Å². The molecule has 0 bridgehead atoms. The molecule has 0 fully saturated rings. The van der Waals surface area contributed by atoms with Gasteiger partial charge in [-0.3, -0.25) is 0 Å². The summed E-state index contributed by atoms with van der Waals surface area (Å²) in [5.74, 6) is 1.06. The van der Waals surface area contributed by atoms with Gasteiger partial charge in [0.05, 0.1) is 6.54 Å². The number of aliphatic carboxylic acids is 1. The number of carboxylic acid groups (broad SMARTS) is 1. The number of hydrogen-bond donors (Lipinski definition) is 3. The molecule has 5 nitrogen and oxygen atoms in total. The molecule has 0 aromatic rings. The van der Waals surface area contributed by atoms with Gasteiger partial charge in [0.15, 0.2) is 0 Å². The van der Waals surface area contributed by atoms with Crippen LogP contribution in [0.2, 0.25) is 0 Å². The van der Waals surface area contributed by atoms with Crippen LogP contribution in [0.1, 0.15) is 20.3 Å². The topological polar surface area (TPSA) is 78.4 Å². The van der Waals surface area contributed by atoms with Gasteiger partial charge >= 0.3 is 12.0 Å². The highest BCUT2D eigenvalue weighted by atomic mass is 16.4. The first-order valence-corrected chi connectivity index (χ1v) is 4.73. The predicted octanol–water partition coefficient (Wildman–Crippen LogP) is 0.418.